The van der Waals surface area contributed by atoms with E-state index in [-0.39, 0.29) is 17.7 Å². The van der Waals surface area contributed by atoms with Crippen LogP contribution in [0.2, 0.25) is 0 Å². The molecule has 0 bridgehead atoms. The molecule has 0 aliphatic carbocycles. The highest BCUT2D eigenvalue weighted by Crippen LogP contribution is 2.36. The summed E-state index contributed by atoms with van der Waals surface area (Å²) in [6.45, 7) is 0.586. The van der Waals surface area contributed by atoms with Gasteiger partial charge in [-0.2, -0.15) is 0 Å². The van der Waals surface area contributed by atoms with Crippen LogP contribution in [-0.4, -0.2) is 24.5 Å². The minimum Gasteiger partial charge on any atom is -0.494 e. The van der Waals surface area contributed by atoms with E-state index in [1.54, 1.807) is 6.07 Å². The van der Waals surface area contributed by atoms with Gasteiger partial charge >= 0.3 is 0 Å². The number of hydrogen-bond acceptors (Lipinski definition) is 2. The van der Waals surface area contributed by atoms with Gasteiger partial charge < -0.3 is 9.64 Å². The first-order chi connectivity index (χ1) is 13.2. The molecule has 136 valence electrons. The number of fused-ring (bicyclic) bond motifs is 1. The van der Waals surface area contributed by atoms with Crippen LogP contribution in [0.4, 0.5) is 4.39 Å². The fourth-order valence-electron chi connectivity index (χ4n) is 3.75. The van der Waals surface area contributed by atoms with Gasteiger partial charge in [0.25, 0.3) is 5.91 Å². The maximum absolute atomic E-state index is 14.1. The molecule has 27 heavy (non-hydrogen) atoms. The van der Waals surface area contributed by atoms with E-state index in [1.165, 1.54) is 24.8 Å². The molecule has 1 atom stereocenters. The van der Waals surface area contributed by atoms with Crippen molar-refractivity contribution in [2.45, 2.75) is 12.5 Å². The quantitative estimate of drug-likeness (QED) is 0.681. The monoisotopic (exact) mass is 361 g/mol. The Morgan fingerprint density at radius 2 is 1.78 bits per heavy atom. The van der Waals surface area contributed by atoms with E-state index in [4.69, 9.17) is 4.74 Å². The first-order valence-corrected chi connectivity index (χ1v) is 8.96. The van der Waals surface area contributed by atoms with E-state index in [0.717, 1.165) is 17.5 Å². The molecule has 3 nitrogen and oxygen atoms in total. The molecule has 0 saturated carbocycles. The van der Waals surface area contributed by atoms with Crippen molar-refractivity contribution in [3.63, 3.8) is 0 Å². The summed E-state index contributed by atoms with van der Waals surface area (Å²) in [7, 11) is 1.41. The summed E-state index contributed by atoms with van der Waals surface area (Å²) in [4.78, 5) is 15.1. The molecule has 3 aromatic rings. The Balaban J connectivity index is 1.77. The highest BCUT2D eigenvalue weighted by Gasteiger charge is 2.32. The van der Waals surface area contributed by atoms with Crippen LogP contribution < -0.4 is 4.74 Å². The van der Waals surface area contributed by atoms with Crippen LogP contribution >= 0.6 is 0 Å². The molecule has 1 aliphatic heterocycles. The number of methoxy groups -OCH3 is 1. The lowest BCUT2D eigenvalue weighted by molar-refractivity contribution is 0.0694. The number of hydrogen-bond donors (Lipinski definition) is 0. The lowest BCUT2D eigenvalue weighted by Crippen LogP contribution is -2.40. The summed E-state index contributed by atoms with van der Waals surface area (Å²) < 4.78 is 19.1. The molecule has 3 aromatic carbocycles. The zero-order valence-corrected chi connectivity index (χ0v) is 15.1. The molecule has 0 radical (unpaired) electrons. The Kier molecular flexibility index (Phi) is 4.63. The number of carbonyl (C=O) groups is 1. The average molecular weight is 361 g/mol. The van der Waals surface area contributed by atoms with E-state index >= 15 is 0 Å². The van der Waals surface area contributed by atoms with Gasteiger partial charge in [-0.15, -0.1) is 0 Å². The standard InChI is InChI=1S/C23H20FNO2/c1-27-21-12-11-18(15-20(21)24)23(26)25-14-13-16-7-5-6-10-19(16)22(25)17-8-3-2-4-9-17/h2-12,15,22H,13-14H2,1H3/t22-/m0/s1. The van der Waals surface area contributed by atoms with E-state index in [0.29, 0.717) is 12.1 Å². The Morgan fingerprint density at radius 3 is 2.52 bits per heavy atom. The molecule has 0 saturated heterocycles. The van der Waals surface area contributed by atoms with Crippen molar-refractivity contribution in [3.8, 4) is 5.75 Å². The van der Waals surface area contributed by atoms with E-state index in [9.17, 15) is 9.18 Å². The molecule has 0 fully saturated rings. The highest BCUT2D eigenvalue weighted by atomic mass is 19.1. The summed E-state index contributed by atoms with van der Waals surface area (Å²) in [6, 6.07) is 22.4. The molecular formula is C23H20FNO2. The van der Waals surface area contributed by atoms with Crippen molar-refractivity contribution >= 4 is 5.91 Å². The Hall–Kier alpha value is -3.14. The van der Waals surface area contributed by atoms with Crippen LogP contribution in [0.1, 0.15) is 33.1 Å². The highest BCUT2D eigenvalue weighted by molar-refractivity contribution is 5.95. The zero-order chi connectivity index (χ0) is 18.8. The van der Waals surface area contributed by atoms with Gasteiger partial charge in [0.2, 0.25) is 0 Å². The first-order valence-electron chi connectivity index (χ1n) is 8.96. The summed E-state index contributed by atoms with van der Waals surface area (Å²) in [5.41, 5.74) is 3.74. The molecule has 0 aromatic heterocycles. The van der Waals surface area contributed by atoms with Crippen molar-refractivity contribution in [1.82, 2.24) is 4.90 Å². The fourth-order valence-corrected chi connectivity index (χ4v) is 3.75. The third-order valence-corrected chi connectivity index (χ3v) is 5.06. The number of benzene rings is 3. The topological polar surface area (TPSA) is 29.5 Å². The number of carbonyl (C=O) groups excluding carboxylic acids is 1. The Morgan fingerprint density at radius 1 is 1.04 bits per heavy atom. The molecule has 0 N–H and O–H groups in total. The van der Waals surface area contributed by atoms with Crippen LogP contribution in [-0.2, 0) is 6.42 Å². The predicted octanol–water partition coefficient (Wildman–Crippen LogP) is 4.62. The SMILES string of the molecule is COc1ccc(C(=O)N2CCc3ccccc3[C@@H]2c2ccccc2)cc1F. The van der Waals surface area contributed by atoms with Crippen molar-refractivity contribution < 1.29 is 13.9 Å². The molecule has 0 unspecified atom stereocenters. The Labute approximate surface area is 158 Å². The molecule has 1 heterocycles. The predicted molar refractivity (Wildman–Crippen MR) is 102 cm³/mol. The minimum absolute atomic E-state index is 0.134. The Bertz CT molecular complexity index is 971. The van der Waals surface area contributed by atoms with Gasteiger partial charge in [0.1, 0.15) is 0 Å². The van der Waals surface area contributed by atoms with Crippen LogP contribution in [0.25, 0.3) is 0 Å². The second-order valence-corrected chi connectivity index (χ2v) is 6.61. The van der Waals surface area contributed by atoms with Crippen molar-refractivity contribution in [1.29, 1.82) is 0 Å². The van der Waals surface area contributed by atoms with Crippen molar-refractivity contribution in [2.75, 3.05) is 13.7 Å². The molecule has 1 aliphatic rings. The second-order valence-electron chi connectivity index (χ2n) is 6.61. The molecular weight excluding hydrogens is 341 g/mol. The van der Waals surface area contributed by atoms with Crippen LogP contribution in [0.15, 0.2) is 72.8 Å². The third kappa shape index (κ3) is 3.19. The zero-order valence-electron chi connectivity index (χ0n) is 15.1. The molecule has 4 rings (SSSR count). The summed E-state index contributed by atoms with van der Waals surface area (Å²) >= 11 is 0. The second kappa shape index (κ2) is 7.23. The first kappa shape index (κ1) is 17.3. The maximum atomic E-state index is 14.1. The summed E-state index contributed by atoms with van der Waals surface area (Å²) in [5.74, 6) is -0.577. The van der Waals surface area contributed by atoms with Crippen LogP contribution in [0.5, 0.6) is 5.75 Å². The van der Waals surface area contributed by atoms with Gasteiger partial charge in [0.15, 0.2) is 11.6 Å². The van der Waals surface area contributed by atoms with E-state index in [1.807, 2.05) is 47.4 Å². The summed E-state index contributed by atoms with van der Waals surface area (Å²) in [6.07, 6.45) is 0.782. The normalized spacial score (nSPS) is 15.9. The fraction of sp³-hybridized carbons (Fsp3) is 0.174. The maximum Gasteiger partial charge on any atom is 0.254 e. The van der Waals surface area contributed by atoms with Crippen molar-refractivity contribution in [2.24, 2.45) is 0 Å². The molecule has 0 spiro atoms. The van der Waals surface area contributed by atoms with Gasteiger partial charge in [-0.05, 0) is 41.3 Å². The average Bonchev–Trinajstić information content (AvgIpc) is 2.73. The van der Waals surface area contributed by atoms with Gasteiger partial charge in [-0.3, -0.25) is 4.79 Å². The molecule has 1 amide bonds. The van der Waals surface area contributed by atoms with Gasteiger partial charge in [0, 0.05) is 12.1 Å². The van der Waals surface area contributed by atoms with E-state index in [2.05, 4.69) is 12.1 Å². The largest absolute Gasteiger partial charge is 0.494 e. The lowest BCUT2D eigenvalue weighted by Gasteiger charge is -2.38. The number of nitrogens with zero attached hydrogens (tertiary/aromatic N) is 1. The number of rotatable bonds is 3. The third-order valence-electron chi connectivity index (χ3n) is 5.06. The van der Waals surface area contributed by atoms with Crippen LogP contribution in [0, 0.1) is 5.82 Å². The lowest BCUT2D eigenvalue weighted by atomic mass is 9.87. The number of amides is 1. The minimum atomic E-state index is -0.531. The van der Waals surface area contributed by atoms with Gasteiger partial charge in [-0.1, -0.05) is 54.6 Å². The molecule has 4 heteroatoms. The summed E-state index contributed by atoms with van der Waals surface area (Å²) in [5, 5.41) is 0. The van der Waals surface area contributed by atoms with Crippen LogP contribution in [0.3, 0.4) is 0 Å². The van der Waals surface area contributed by atoms with Gasteiger partial charge in [-0.25, -0.2) is 4.39 Å². The smallest absolute Gasteiger partial charge is 0.254 e. The number of halogens is 1. The van der Waals surface area contributed by atoms with Crippen molar-refractivity contribution in [3.05, 3.63) is 101 Å². The van der Waals surface area contributed by atoms with Gasteiger partial charge in [0.05, 0.1) is 13.2 Å². The van der Waals surface area contributed by atoms with E-state index < -0.39 is 5.82 Å². The number of ether oxygens (including phenoxy) is 1.